The SMILES string of the molecule is C=O.N#CC=CC=Cc1ccccc1.[Na+].[Na+].[O-]S[O-]. The van der Waals surface area contributed by atoms with Gasteiger partial charge in [0.25, 0.3) is 0 Å². The topological polar surface area (TPSA) is 87.0 Å². The Bertz CT molecular complexity index is 367. The van der Waals surface area contributed by atoms with Gasteiger partial charge < -0.3 is 26.2 Å². The maximum absolute atomic E-state index is 8.29. The van der Waals surface area contributed by atoms with Crippen molar-refractivity contribution in [2.75, 3.05) is 0 Å². The van der Waals surface area contributed by atoms with E-state index in [0.29, 0.717) is 0 Å². The van der Waals surface area contributed by atoms with Crippen LogP contribution in [0.15, 0.2) is 48.6 Å². The molecule has 0 N–H and O–H groups in total. The maximum atomic E-state index is 8.29. The van der Waals surface area contributed by atoms with Crippen molar-refractivity contribution in [1.29, 1.82) is 5.26 Å². The summed E-state index contributed by atoms with van der Waals surface area (Å²) in [5.74, 6) is 0. The van der Waals surface area contributed by atoms with Gasteiger partial charge in [0, 0.05) is 6.08 Å². The summed E-state index contributed by atoms with van der Waals surface area (Å²) in [6.45, 7) is 2.00. The molecular formula is C12H11NNa2O3S. The summed E-state index contributed by atoms with van der Waals surface area (Å²) in [7, 11) is 0. The van der Waals surface area contributed by atoms with Gasteiger partial charge in [-0.2, -0.15) is 5.26 Å². The summed E-state index contributed by atoms with van der Waals surface area (Å²) in [5, 5.41) is 8.19. The van der Waals surface area contributed by atoms with Crippen LogP contribution in [0.1, 0.15) is 5.56 Å². The Hall–Kier alpha value is 0.130. The van der Waals surface area contributed by atoms with Crippen molar-refractivity contribution < 1.29 is 73.0 Å². The largest absolute Gasteiger partial charge is 1.00 e. The molecule has 1 rings (SSSR count). The number of nitrogens with zero attached hydrogens (tertiary/aromatic N) is 1. The van der Waals surface area contributed by atoms with Crippen LogP contribution < -0.4 is 59.1 Å². The Balaban J connectivity index is -0.000000142. The minimum absolute atomic E-state index is 0. The number of carbonyl (C=O) groups excluding carboxylic acids is 1. The molecule has 0 aliphatic heterocycles. The molecule has 0 saturated heterocycles. The van der Waals surface area contributed by atoms with Gasteiger partial charge in [-0.1, -0.05) is 48.6 Å². The maximum Gasteiger partial charge on any atom is 1.00 e. The van der Waals surface area contributed by atoms with Crippen molar-refractivity contribution in [3.05, 3.63) is 54.1 Å². The van der Waals surface area contributed by atoms with E-state index in [-0.39, 0.29) is 59.1 Å². The van der Waals surface area contributed by atoms with E-state index >= 15 is 0 Å². The van der Waals surface area contributed by atoms with Crippen LogP contribution >= 0.6 is 12.3 Å². The Labute approximate surface area is 162 Å². The zero-order valence-corrected chi connectivity index (χ0v) is 15.8. The Morgan fingerprint density at radius 3 is 2.00 bits per heavy atom. The number of benzene rings is 1. The Kier molecular flexibility index (Phi) is 38.5. The number of allylic oxidation sites excluding steroid dienone is 3. The van der Waals surface area contributed by atoms with Crippen LogP contribution in [0.4, 0.5) is 0 Å². The molecule has 7 heteroatoms. The normalized spacial score (nSPS) is 7.84. The summed E-state index contributed by atoms with van der Waals surface area (Å²) in [5.41, 5.74) is 1.14. The van der Waals surface area contributed by atoms with Crippen molar-refractivity contribution in [2.24, 2.45) is 0 Å². The number of nitriles is 1. The minimum Gasteiger partial charge on any atom is -0.811 e. The number of carbonyl (C=O) groups is 1. The van der Waals surface area contributed by atoms with Crippen LogP contribution in [-0.4, -0.2) is 15.9 Å². The second-order valence-electron chi connectivity index (χ2n) is 2.33. The van der Waals surface area contributed by atoms with Gasteiger partial charge in [-0.05, 0) is 5.56 Å². The fraction of sp³-hybridized carbons (Fsp3) is 0. The molecule has 0 atom stereocenters. The third kappa shape index (κ3) is 23.6. The van der Waals surface area contributed by atoms with E-state index in [1.54, 1.807) is 6.08 Å². The first-order valence-electron chi connectivity index (χ1n) is 4.33. The first kappa shape index (κ1) is 27.5. The molecule has 0 fully saturated rings. The van der Waals surface area contributed by atoms with Crippen LogP contribution in [0.3, 0.4) is 0 Å². The third-order valence-corrected chi connectivity index (χ3v) is 1.37. The van der Waals surface area contributed by atoms with Crippen LogP contribution in [0, 0.1) is 11.3 Å². The molecule has 0 saturated carbocycles. The first-order valence-corrected chi connectivity index (χ1v) is 5.00. The summed E-state index contributed by atoms with van der Waals surface area (Å²) >= 11 is -0.750. The van der Waals surface area contributed by atoms with Crippen LogP contribution in [0.25, 0.3) is 6.08 Å². The molecule has 0 amide bonds. The van der Waals surface area contributed by atoms with Gasteiger partial charge in [0.05, 0.1) is 6.07 Å². The Morgan fingerprint density at radius 2 is 1.58 bits per heavy atom. The molecule has 19 heavy (non-hydrogen) atoms. The van der Waals surface area contributed by atoms with Gasteiger partial charge in [-0.3, -0.25) is 0 Å². The molecular weight excluding hydrogens is 284 g/mol. The summed E-state index contributed by atoms with van der Waals surface area (Å²) in [6.07, 6.45) is 6.96. The standard InChI is InChI=1S/C11H9N.CH2O.2Na.H2O2S/c12-10-6-2-5-9-11-7-3-1-4-8-11;1-2;;;1-3-2/h1-9H;1H2;;;1-2H/q;;2*+1;/p-2. The molecule has 1 aromatic rings. The fourth-order valence-electron chi connectivity index (χ4n) is 0.829. The summed E-state index contributed by atoms with van der Waals surface area (Å²) in [4.78, 5) is 8.00. The van der Waals surface area contributed by atoms with Crippen molar-refractivity contribution in [1.82, 2.24) is 0 Å². The fourth-order valence-corrected chi connectivity index (χ4v) is 0.829. The molecule has 0 heterocycles. The number of rotatable bonds is 2. The molecule has 90 valence electrons. The second kappa shape index (κ2) is 26.6. The molecule has 0 bridgehead atoms. The predicted molar refractivity (Wildman–Crippen MR) is 66.5 cm³/mol. The minimum atomic E-state index is -0.750. The molecule has 0 aliphatic rings. The van der Waals surface area contributed by atoms with Gasteiger partial charge in [0.1, 0.15) is 6.79 Å². The summed E-state index contributed by atoms with van der Waals surface area (Å²) < 4.78 is 16.6. The van der Waals surface area contributed by atoms with Gasteiger partial charge in [0.2, 0.25) is 0 Å². The molecule has 1 aromatic carbocycles. The van der Waals surface area contributed by atoms with E-state index < -0.39 is 12.3 Å². The van der Waals surface area contributed by atoms with E-state index in [4.69, 9.17) is 19.2 Å². The van der Waals surface area contributed by atoms with E-state index in [1.165, 1.54) is 6.08 Å². The molecule has 0 radical (unpaired) electrons. The number of hydrogen-bond acceptors (Lipinski definition) is 5. The average Bonchev–Trinajstić information content (AvgIpc) is 2.39. The van der Waals surface area contributed by atoms with E-state index in [1.807, 2.05) is 55.3 Å². The van der Waals surface area contributed by atoms with Crippen molar-refractivity contribution in [2.45, 2.75) is 0 Å². The van der Waals surface area contributed by atoms with Crippen molar-refractivity contribution in [3.8, 4) is 6.07 Å². The molecule has 0 aromatic heterocycles. The predicted octanol–water partition coefficient (Wildman–Crippen LogP) is -3.42. The van der Waals surface area contributed by atoms with Gasteiger partial charge in [-0.25, -0.2) is 0 Å². The van der Waals surface area contributed by atoms with Crippen LogP contribution in [-0.2, 0) is 4.79 Å². The average molecular weight is 295 g/mol. The zero-order valence-electron chi connectivity index (χ0n) is 11.0. The Morgan fingerprint density at radius 1 is 1.11 bits per heavy atom. The molecule has 0 aliphatic carbocycles. The number of hydrogen-bond donors (Lipinski definition) is 0. The first-order chi connectivity index (χ1) is 8.35. The van der Waals surface area contributed by atoms with Crippen molar-refractivity contribution in [3.63, 3.8) is 0 Å². The molecule has 4 nitrogen and oxygen atoms in total. The molecule has 0 spiro atoms. The monoisotopic (exact) mass is 295 g/mol. The van der Waals surface area contributed by atoms with E-state index in [0.717, 1.165) is 5.56 Å². The second-order valence-corrected chi connectivity index (χ2v) is 2.46. The van der Waals surface area contributed by atoms with Crippen LogP contribution in [0.5, 0.6) is 0 Å². The molecule has 0 unspecified atom stereocenters. The quantitative estimate of drug-likeness (QED) is 0.245. The van der Waals surface area contributed by atoms with Gasteiger partial charge >= 0.3 is 59.1 Å². The third-order valence-electron chi connectivity index (χ3n) is 1.37. The van der Waals surface area contributed by atoms with Gasteiger partial charge in [-0.15, -0.1) is 0 Å². The smallest absolute Gasteiger partial charge is 0.811 e. The van der Waals surface area contributed by atoms with E-state index in [9.17, 15) is 0 Å². The van der Waals surface area contributed by atoms with E-state index in [2.05, 4.69) is 0 Å². The summed E-state index contributed by atoms with van der Waals surface area (Å²) in [6, 6.07) is 11.9. The van der Waals surface area contributed by atoms with Crippen LogP contribution in [0.2, 0.25) is 0 Å². The van der Waals surface area contributed by atoms with Crippen molar-refractivity contribution >= 4 is 25.2 Å². The van der Waals surface area contributed by atoms with Gasteiger partial charge in [0.15, 0.2) is 0 Å². The zero-order chi connectivity index (χ0) is 13.4.